The molecule has 0 saturated heterocycles. The van der Waals surface area contributed by atoms with Crippen LogP contribution < -0.4 is 0 Å². The van der Waals surface area contributed by atoms with Gasteiger partial charge >= 0.3 is 0 Å². The van der Waals surface area contributed by atoms with Gasteiger partial charge in [-0.05, 0) is 20.1 Å². The molecule has 0 radical (unpaired) electrons. The van der Waals surface area contributed by atoms with Crippen LogP contribution in [-0.2, 0) is 0 Å². The Morgan fingerprint density at radius 2 is 2.12 bits per heavy atom. The summed E-state index contributed by atoms with van der Waals surface area (Å²) in [6.45, 7) is 3.06. The molecule has 0 atom stereocenters. The van der Waals surface area contributed by atoms with Crippen molar-refractivity contribution in [3.63, 3.8) is 0 Å². The summed E-state index contributed by atoms with van der Waals surface area (Å²) in [5, 5.41) is 17.2. The molecular weight excluding hydrogens is 106 g/mol. The zero-order valence-electron chi connectivity index (χ0n) is 5.13. The normalized spacial score (nSPS) is 13.0. The first-order chi connectivity index (χ1) is 3.56. The summed E-state index contributed by atoms with van der Waals surface area (Å²) in [6, 6.07) is 0. The van der Waals surface area contributed by atoms with Gasteiger partial charge in [0.2, 0.25) is 0 Å². The van der Waals surface area contributed by atoms with Crippen LogP contribution in [0.25, 0.3) is 0 Å². The van der Waals surface area contributed by atoms with Crippen LogP contribution in [0, 0.1) is 0 Å². The van der Waals surface area contributed by atoms with E-state index in [2.05, 4.69) is 4.99 Å². The van der Waals surface area contributed by atoms with Crippen LogP contribution in [0.4, 0.5) is 0 Å². The lowest BCUT2D eigenvalue weighted by Gasteiger charge is -2.10. The number of hydrogen-bond donors (Lipinski definition) is 2. The van der Waals surface area contributed by atoms with Crippen molar-refractivity contribution in [1.82, 2.24) is 0 Å². The van der Waals surface area contributed by atoms with E-state index >= 15 is 0 Å². The highest BCUT2D eigenvalue weighted by molar-refractivity contribution is 5.53. The lowest BCUT2D eigenvalue weighted by Crippen LogP contribution is -2.26. The van der Waals surface area contributed by atoms with Crippen LogP contribution in [0.3, 0.4) is 0 Å². The van der Waals surface area contributed by atoms with Gasteiger partial charge in [-0.25, -0.2) is 0 Å². The van der Waals surface area contributed by atoms with Crippen molar-refractivity contribution in [3.8, 4) is 0 Å². The van der Waals surface area contributed by atoms with Gasteiger partial charge in [-0.3, -0.25) is 4.99 Å². The van der Waals surface area contributed by atoms with Crippen LogP contribution in [0.1, 0.15) is 13.8 Å². The number of hydrogen-bond acceptors (Lipinski definition) is 3. The smallest absolute Gasteiger partial charge is 0.179 e. The van der Waals surface area contributed by atoms with E-state index < -0.39 is 5.79 Å². The Hall–Kier alpha value is -0.410. The zero-order chi connectivity index (χ0) is 6.62. The summed E-state index contributed by atoms with van der Waals surface area (Å²) in [5.41, 5.74) is 0. The summed E-state index contributed by atoms with van der Waals surface area (Å²) >= 11 is 0. The summed E-state index contributed by atoms with van der Waals surface area (Å²) < 4.78 is 0. The van der Waals surface area contributed by atoms with Gasteiger partial charge in [-0.1, -0.05) is 0 Å². The Balaban J connectivity index is 3.39. The molecule has 0 aromatic rings. The van der Waals surface area contributed by atoms with Gasteiger partial charge in [0.1, 0.15) is 0 Å². The first-order valence-electron chi connectivity index (χ1n) is 2.45. The molecule has 8 heavy (non-hydrogen) atoms. The Morgan fingerprint density at radius 1 is 1.62 bits per heavy atom. The van der Waals surface area contributed by atoms with Crippen LogP contribution in [0.15, 0.2) is 4.99 Å². The molecule has 3 heteroatoms. The first kappa shape index (κ1) is 7.59. The van der Waals surface area contributed by atoms with Gasteiger partial charge in [-0.2, -0.15) is 0 Å². The van der Waals surface area contributed by atoms with E-state index in [1.54, 1.807) is 6.92 Å². The van der Waals surface area contributed by atoms with Crippen molar-refractivity contribution >= 4 is 6.21 Å². The fourth-order valence-electron chi connectivity index (χ4n) is 0.264. The largest absolute Gasteiger partial charge is 0.364 e. The summed E-state index contributed by atoms with van der Waals surface area (Å²) in [6.07, 6.45) is 1.53. The molecule has 0 rings (SSSR count). The Labute approximate surface area is 48.7 Å². The Kier molecular flexibility index (Phi) is 2.65. The van der Waals surface area contributed by atoms with Crippen molar-refractivity contribution in [1.29, 1.82) is 0 Å². The molecular formula is C5H11NO2. The second-order valence-corrected chi connectivity index (χ2v) is 1.82. The molecule has 48 valence electrons. The van der Waals surface area contributed by atoms with E-state index in [9.17, 15) is 0 Å². The standard InChI is InChI=1S/C5H11NO2/c1-3-6-4-5(2,7)8/h3,7-8H,4H2,1-2H3. The van der Waals surface area contributed by atoms with E-state index in [0.717, 1.165) is 0 Å². The van der Waals surface area contributed by atoms with Gasteiger partial charge in [0.25, 0.3) is 0 Å². The molecule has 2 N–H and O–H groups in total. The van der Waals surface area contributed by atoms with E-state index in [0.29, 0.717) is 0 Å². The molecule has 0 unspecified atom stereocenters. The fraction of sp³-hybridized carbons (Fsp3) is 0.800. The monoisotopic (exact) mass is 117 g/mol. The molecule has 0 amide bonds. The second-order valence-electron chi connectivity index (χ2n) is 1.82. The predicted octanol–water partition coefficient (Wildman–Crippen LogP) is -0.222. The molecule has 3 nitrogen and oxygen atoms in total. The number of rotatable bonds is 2. The van der Waals surface area contributed by atoms with Gasteiger partial charge in [0.15, 0.2) is 5.79 Å². The van der Waals surface area contributed by atoms with Crippen LogP contribution in [0.2, 0.25) is 0 Å². The van der Waals surface area contributed by atoms with Crippen LogP contribution in [-0.4, -0.2) is 28.8 Å². The average molecular weight is 117 g/mol. The van der Waals surface area contributed by atoms with E-state index in [1.807, 2.05) is 0 Å². The van der Waals surface area contributed by atoms with Gasteiger partial charge < -0.3 is 10.2 Å². The summed E-state index contributed by atoms with van der Waals surface area (Å²) in [4.78, 5) is 3.62. The SMILES string of the molecule is CC=NCC(C)(O)O. The second kappa shape index (κ2) is 2.79. The fourth-order valence-corrected chi connectivity index (χ4v) is 0.264. The molecule has 0 heterocycles. The molecule has 0 spiro atoms. The third kappa shape index (κ3) is 5.59. The summed E-state index contributed by atoms with van der Waals surface area (Å²) in [5.74, 6) is -1.65. The topological polar surface area (TPSA) is 52.8 Å². The van der Waals surface area contributed by atoms with E-state index in [4.69, 9.17) is 10.2 Å². The highest BCUT2D eigenvalue weighted by atomic mass is 16.5. The lowest BCUT2D eigenvalue weighted by atomic mass is 10.3. The minimum Gasteiger partial charge on any atom is -0.364 e. The minimum atomic E-state index is -1.65. The lowest BCUT2D eigenvalue weighted by molar-refractivity contribution is -0.134. The Morgan fingerprint density at radius 3 is 2.25 bits per heavy atom. The van der Waals surface area contributed by atoms with E-state index in [-0.39, 0.29) is 6.54 Å². The molecule has 0 aromatic carbocycles. The van der Waals surface area contributed by atoms with Crippen molar-refractivity contribution in [2.24, 2.45) is 4.99 Å². The van der Waals surface area contributed by atoms with Crippen molar-refractivity contribution in [3.05, 3.63) is 0 Å². The molecule has 0 fully saturated rings. The van der Waals surface area contributed by atoms with Gasteiger partial charge in [-0.15, -0.1) is 0 Å². The third-order valence-electron chi connectivity index (χ3n) is 0.573. The van der Waals surface area contributed by atoms with E-state index in [1.165, 1.54) is 13.1 Å². The molecule has 0 saturated carbocycles. The minimum absolute atomic E-state index is 0.0451. The predicted molar refractivity (Wildman–Crippen MR) is 31.9 cm³/mol. The van der Waals surface area contributed by atoms with Crippen LogP contribution >= 0.6 is 0 Å². The number of aliphatic hydroxyl groups is 2. The quantitative estimate of drug-likeness (QED) is 0.388. The maximum atomic E-state index is 8.59. The maximum absolute atomic E-state index is 8.59. The average Bonchev–Trinajstić information content (AvgIpc) is 1.59. The molecule has 0 bridgehead atoms. The zero-order valence-corrected chi connectivity index (χ0v) is 5.13. The van der Waals surface area contributed by atoms with Crippen molar-refractivity contribution in [2.75, 3.05) is 6.54 Å². The van der Waals surface area contributed by atoms with Gasteiger partial charge in [0.05, 0.1) is 6.54 Å². The number of aliphatic imine (C=N–C) groups is 1. The number of nitrogens with zero attached hydrogens (tertiary/aromatic N) is 1. The van der Waals surface area contributed by atoms with Crippen LogP contribution in [0.5, 0.6) is 0 Å². The highest BCUT2D eigenvalue weighted by Crippen LogP contribution is 1.94. The van der Waals surface area contributed by atoms with Gasteiger partial charge in [0, 0.05) is 0 Å². The molecule has 0 aliphatic heterocycles. The highest BCUT2D eigenvalue weighted by Gasteiger charge is 2.11. The molecule has 0 aliphatic carbocycles. The molecule has 0 aromatic heterocycles. The van der Waals surface area contributed by atoms with Crippen molar-refractivity contribution in [2.45, 2.75) is 19.6 Å². The first-order valence-corrected chi connectivity index (χ1v) is 2.45. The summed E-state index contributed by atoms with van der Waals surface area (Å²) in [7, 11) is 0. The Bertz CT molecular complexity index is 82.9. The maximum Gasteiger partial charge on any atom is 0.179 e. The third-order valence-corrected chi connectivity index (χ3v) is 0.573. The van der Waals surface area contributed by atoms with Crippen molar-refractivity contribution < 1.29 is 10.2 Å². The molecule has 0 aliphatic rings.